The second-order valence-corrected chi connectivity index (χ2v) is 10.8. The molecule has 0 aliphatic carbocycles. The molecule has 0 spiro atoms. The van der Waals surface area contributed by atoms with Crippen molar-refractivity contribution in [2.45, 2.75) is 57.0 Å². The zero-order valence-electron chi connectivity index (χ0n) is 24.1. The number of halogens is 3. The lowest BCUT2D eigenvalue weighted by atomic mass is 9.78. The zero-order chi connectivity index (χ0) is 31.9. The highest BCUT2D eigenvalue weighted by molar-refractivity contribution is 6.62. The van der Waals surface area contributed by atoms with Gasteiger partial charge in [0.25, 0.3) is 0 Å². The first-order chi connectivity index (χ1) is 20.2. The van der Waals surface area contributed by atoms with Crippen molar-refractivity contribution in [1.82, 2.24) is 10.2 Å². The van der Waals surface area contributed by atoms with Gasteiger partial charge in [-0.3, -0.25) is 14.4 Å². The number of carbonyl (C=O) groups excluding carboxylic acids is 3. The van der Waals surface area contributed by atoms with Gasteiger partial charge >= 0.3 is 13.3 Å². The second kappa shape index (κ2) is 14.3. The topological polar surface area (TPSA) is 186 Å². The van der Waals surface area contributed by atoms with Crippen LogP contribution in [0.2, 0.25) is 0 Å². The van der Waals surface area contributed by atoms with E-state index in [9.17, 15) is 32.6 Å². The molecule has 2 aromatic carbocycles. The van der Waals surface area contributed by atoms with E-state index in [1.165, 1.54) is 17.0 Å². The molecule has 3 rings (SSSR count). The summed E-state index contributed by atoms with van der Waals surface area (Å²) >= 11 is 0. The van der Waals surface area contributed by atoms with Crippen molar-refractivity contribution >= 4 is 36.0 Å². The van der Waals surface area contributed by atoms with E-state index in [2.05, 4.69) is 10.6 Å². The average molecular weight is 606 g/mol. The highest BCUT2D eigenvalue weighted by Crippen LogP contribution is 2.32. The van der Waals surface area contributed by atoms with E-state index in [4.69, 9.17) is 21.9 Å². The molecule has 0 saturated heterocycles. The molecule has 2 aromatic rings. The van der Waals surface area contributed by atoms with Crippen molar-refractivity contribution < 1.29 is 37.2 Å². The van der Waals surface area contributed by atoms with E-state index in [0.717, 1.165) is 12.1 Å². The van der Waals surface area contributed by atoms with Gasteiger partial charge in [0.1, 0.15) is 6.04 Å². The summed E-state index contributed by atoms with van der Waals surface area (Å²) in [5.41, 5.74) is 17.4. The van der Waals surface area contributed by atoms with Crippen LogP contribution in [0.1, 0.15) is 43.4 Å². The molecule has 11 nitrogen and oxygen atoms in total. The van der Waals surface area contributed by atoms with Crippen molar-refractivity contribution in [2.24, 2.45) is 17.2 Å². The number of carbonyl (C=O) groups is 3. The first-order valence-electron chi connectivity index (χ1n) is 13.9. The summed E-state index contributed by atoms with van der Waals surface area (Å²) < 4.78 is 44.7. The van der Waals surface area contributed by atoms with Gasteiger partial charge in [0.2, 0.25) is 17.7 Å². The Balaban J connectivity index is 1.76. The Morgan fingerprint density at radius 1 is 1.05 bits per heavy atom. The summed E-state index contributed by atoms with van der Waals surface area (Å²) in [6.45, 7) is 4.62. The quantitative estimate of drug-likeness (QED) is 0.174. The van der Waals surface area contributed by atoms with Crippen LogP contribution in [0.15, 0.2) is 42.5 Å². The van der Waals surface area contributed by atoms with Crippen molar-refractivity contribution in [1.29, 1.82) is 0 Å². The molecule has 0 bridgehead atoms. The Morgan fingerprint density at radius 3 is 2.26 bits per heavy atom. The number of nitrogens with zero attached hydrogens (tertiary/aromatic N) is 1. The molecule has 0 unspecified atom stereocenters. The van der Waals surface area contributed by atoms with Crippen molar-refractivity contribution in [3.05, 3.63) is 59.2 Å². The Kier molecular flexibility index (Phi) is 11.3. The van der Waals surface area contributed by atoms with Crippen LogP contribution in [-0.2, 0) is 37.2 Å². The van der Waals surface area contributed by atoms with Crippen LogP contribution in [0.25, 0.3) is 0 Å². The third kappa shape index (κ3) is 9.00. The number of amides is 3. The van der Waals surface area contributed by atoms with Crippen LogP contribution >= 0.6 is 0 Å². The number of hydrogen-bond acceptors (Lipinski definition) is 8. The fourth-order valence-electron chi connectivity index (χ4n) is 4.80. The van der Waals surface area contributed by atoms with E-state index < -0.39 is 48.4 Å². The fourth-order valence-corrected chi connectivity index (χ4v) is 4.80. The summed E-state index contributed by atoms with van der Waals surface area (Å²) in [7, 11) is -1.12. The molecule has 0 aromatic heterocycles. The first-order valence-corrected chi connectivity index (χ1v) is 13.9. The molecule has 2 atom stereocenters. The standard InChI is InChI=1S/C28H38BF3N6O5/c1-27(2)20-16-19(7-8-21(20)29(42)43-27)36-26(41)23(15-17-3-5-18(6-4-17)28(30,31)32)37-25(40)22(35)9-10-24(39)38(13-11-33)14-12-34/h3-8,16,22-23,42H,9-15,33-35H2,1-2H3,(H,36,41)(H,37,40)/t22-,23+/m0/s1. The van der Waals surface area contributed by atoms with Gasteiger partial charge in [-0.1, -0.05) is 18.2 Å². The molecular formula is C28H38BF3N6O5. The SMILES string of the molecule is CC1(C)OB(O)c2ccc(NC(=O)[C@@H](Cc3ccc(C(F)(F)F)cc3)NC(=O)[C@@H](N)CCC(=O)N(CCN)CCN)cc21. The maximum Gasteiger partial charge on any atom is 0.492 e. The van der Waals surface area contributed by atoms with E-state index in [1.54, 1.807) is 32.0 Å². The Morgan fingerprint density at radius 2 is 1.67 bits per heavy atom. The van der Waals surface area contributed by atoms with Crippen molar-refractivity contribution in [3.8, 4) is 0 Å². The number of hydrogen-bond donors (Lipinski definition) is 6. The van der Waals surface area contributed by atoms with Crippen LogP contribution in [-0.4, -0.2) is 73.0 Å². The van der Waals surface area contributed by atoms with Gasteiger partial charge in [-0.2, -0.15) is 13.2 Å². The van der Waals surface area contributed by atoms with E-state index in [-0.39, 0.29) is 38.3 Å². The maximum atomic E-state index is 13.4. The lowest BCUT2D eigenvalue weighted by molar-refractivity contribution is -0.137. The molecular weight excluding hydrogens is 568 g/mol. The van der Waals surface area contributed by atoms with Gasteiger partial charge in [-0.05, 0) is 61.1 Å². The van der Waals surface area contributed by atoms with Crippen molar-refractivity contribution in [2.75, 3.05) is 31.5 Å². The van der Waals surface area contributed by atoms with Crippen LogP contribution in [0, 0.1) is 0 Å². The van der Waals surface area contributed by atoms with E-state index in [1.807, 2.05) is 0 Å². The van der Waals surface area contributed by atoms with Crippen LogP contribution in [0.4, 0.5) is 18.9 Å². The minimum Gasteiger partial charge on any atom is -0.423 e. The van der Waals surface area contributed by atoms with Gasteiger partial charge in [0.05, 0.1) is 17.2 Å². The average Bonchev–Trinajstić information content (AvgIpc) is 3.17. The fraction of sp³-hybridized carbons (Fsp3) is 0.464. The van der Waals surface area contributed by atoms with Crippen LogP contribution in [0.3, 0.4) is 0 Å². The minimum atomic E-state index is -4.53. The third-order valence-electron chi connectivity index (χ3n) is 7.15. The molecule has 9 N–H and O–H groups in total. The molecule has 43 heavy (non-hydrogen) atoms. The normalized spacial score (nSPS) is 15.4. The number of nitrogens with two attached hydrogens (primary N) is 3. The Hall–Kier alpha value is -3.50. The predicted octanol–water partition coefficient (Wildman–Crippen LogP) is 0.178. The van der Waals surface area contributed by atoms with Gasteiger partial charge in [-0.25, -0.2) is 0 Å². The summed E-state index contributed by atoms with van der Waals surface area (Å²) in [6.07, 6.45) is -4.74. The monoisotopic (exact) mass is 606 g/mol. The number of nitrogens with one attached hydrogen (secondary N) is 2. The third-order valence-corrected chi connectivity index (χ3v) is 7.15. The number of alkyl halides is 3. The lowest BCUT2D eigenvalue weighted by Gasteiger charge is -2.23. The number of anilines is 1. The molecule has 1 heterocycles. The molecule has 15 heteroatoms. The molecule has 1 aliphatic heterocycles. The summed E-state index contributed by atoms with van der Waals surface area (Å²) in [5, 5.41) is 15.5. The summed E-state index contributed by atoms with van der Waals surface area (Å²) in [6, 6.07) is 6.70. The predicted molar refractivity (Wildman–Crippen MR) is 156 cm³/mol. The first kappa shape index (κ1) is 34.0. The minimum absolute atomic E-state index is 0.0207. The molecule has 234 valence electrons. The summed E-state index contributed by atoms with van der Waals surface area (Å²) in [4.78, 5) is 40.4. The largest absolute Gasteiger partial charge is 0.492 e. The van der Waals surface area contributed by atoms with Gasteiger partial charge in [0, 0.05) is 44.7 Å². The number of rotatable bonds is 13. The maximum absolute atomic E-state index is 13.4. The van der Waals surface area contributed by atoms with Gasteiger partial charge in [0.15, 0.2) is 0 Å². The van der Waals surface area contributed by atoms with Crippen LogP contribution in [0.5, 0.6) is 0 Å². The molecule has 0 saturated carbocycles. The van der Waals surface area contributed by atoms with Gasteiger partial charge in [-0.15, -0.1) is 0 Å². The number of fused-ring (bicyclic) bond motifs is 1. The molecule has 1 aliphatic rings. The molecule has 0 fully saturated rings. The molecule has 0 radical (unpaired) electrons. The van der Waals surface area contributed by atoms with Gasteiger partial charge < -0.3 is 42.4 Å². The molecule has 3 amide bonds. The van der Waals surface area contributed by atoms with Crippen LogP contribution < -0.4 is 33.3 Å². The Bertz CT molecular complexity index is 1290. The van der Waals surface area contributed by atoms with Crippen molar-refractivity contribution in [3.63, 3.8) is 0 Å². The Labute approximate surface area is 248 Å². The van der Waals surface area contributed by atoms with E-state index >= 15 is 0 Å². The smallest absolute Gasteiger partial charge is 0.423 e. The summed E-state index contributed by atoms with van der Waals surface area (Å²) in [5.74, 6) is -1.63. The highest BCUT2D eigenvalue weighted by atomic mass is 19.4. The van der Waals surface area contributed by atoms with E-state index in [0.29, 0.717) is 35.4 Å². The highest BCUT2D eigenvalue weighted by Gasteiger charge is 2.40. The number of benzene rings is 2. The second-order valence-electron chi connectivity index (χ2n) is 10.8. The lowest BCUT2D eigenvalue weighted by Crippen LogP contribution is -2.51. The zero-order valence-corrected chi connectivity index (χ0v) is 24.1.